The van der Waals surface area contributed by atoms with Gasteiger partial charge in [-0.05, 0) is 22.3 Å². The molecule has 0 radical (unpaired) electrons. The maximum absolute atomic E-state index is 12.3. The van der Waals surface area contributed by atoms with E-state index in [1.54, 1.807) is 4.90 Å². The van der Waals surface area contributed by atoms with Crippen LogP contribution >= 0.6 is 0 Å². The van der Waals surface area contributed by atoms with E-state index in [9.17, 15) is 9.59 Å². The highest BCUT2D eigenvalue weighted by Crippen LogP contribution is 2.44. The molecular weight excluding hydrogens is 302 g/mol. The first-order valence-corrected chi connectivity index (χ1v) is 8.35. The van der Waals surface area contributed by atoms with Crippen molar-refractivity contribution in [3.05, 3.63) is 59.7 Å². The molecule has 0 saturated carbocycles. The molecule has 0 N–H and O–H groups in total. The summed E-state index contributed by atoms with van der Waals surface area (Å²) in [6, 6.07) is 16.6. The third kappa shape index (κ3) is 2.58. The van der Waals surface area contributed by atoms with Crippen LogP contribution in [0.15, 0.2) is 48.5 Å². The smallest absolute Gasteiger partial charge is 0.409 e. The van der Waals surface area contributed by atoms with Crippen LogP contribution in [0.25, 0.3) is 11.1 Å². The van der Waals surface area contributed by atoms with E-state index in [0.717, 1.165) is 0 Å². The topological polar surface area (TPSA) is 46.6 Å². The summed E-state index contributed by atoms with van der Waals surface area (Å²) in [4.78, 5) is 25.2. The Balaban J connectivity index is 1.51. The number of Topliss-reactive ketones (excluding diaryl/α,β-unsaturated/α-hetero) is 1. The van der Waals surface area contributed by atoms with Crippen LogP contribution in [0, 0.1) is 0 Å². The van der Waals surface area contributed by atoms with Gasteiger partial charge in [-0.25, -0.2) is 4.79 Å². The zero-order chi connectivity index (χ0) is 16.5. The molecule has 122 valence electrons. The molecule has 0 spiro atoms. The predicted molar refractivity (Wildman–Crippen MR) is 90.9 cm³/mol. The number of ether oxygens (including phenoxy) is 1. The predicted octanol–water partition coefficient (Wildman–Crippen LogP) is 3.60. The molecule has 1 fully saturated rings. The summed E-state index contributed by atoms with van der Waals surface area (Å²) in [7, 11) is 0. The Morgan fingerprint density at radius 1 is 0.958 bits per heavy atom. The molecule has 4 nitrogen and oxygen atoms in total. The first kappa shape index (κ1) is 14.9. The first-order chi connectivity index (χ1) is 11.7. The van der Waals surface area contributed by atoms with E-state index in [1.165, 1.54) is 22.3 Å². The Morgan fingerprint density at radius 3 is 2.08 bits per heavy atom. The second-order valence-corrected chi connectivity index (χ2v) is 6.33. The monoisotopic (exact) mass is 321 g/mol. The van der Waals surface area contributed by atoms with Crippen molar-refractivity contribution in [3.8, 4) is 11.1 Å². The van der Waals surface area contributed by atoms with Crippen LogP contribution < -0.4 is 0 Å². The number of carbonyl (C=O) groups is 2. The number of likely N-dealkylation sites (tertiary alicyclic amines) is 1. The van der Waals surface area contributed by atoms with Gasteiger partial charge in [-0.1, -0.05) is 48.5 Å². The summed E-state index contributed by atoms with van der Waals surface area (Å²) < 4.78 is 5.59. The molecule has 1 heterocycles. The van der Waals surface area contributed by atoms with Crippen molar-refractivity contribution in [2.24, 2.45) is 0 Å². The van der Waals surface area contributed by atoms with Crippen molar-refractivity contribution in [1.29, 1.82) is 0 Å². The second kappa shape index (κ2) is 6.11. The Hall–Kier alpha value is -2.62. The fourth-order valence-corrected chi connectivity index (χ4v) is 3.62. The minimum Gasteiger partial charge on any atom is -0.448 e. The summed E-state index contributed by atoms with van der Waals surface area (Å²) in [5, 5.41) is 0. The minimum absolute atomic E-state index is 0.0766. The zero-order valence-electron chi connectivity index (χ0n) is 13.4. The van der Waals surface area contributed by atoms with Gasteiger partial charge in [0.05, 0.1) is 0 Å². The molecule has 4 rings (SSSR count). The van der Waals surface area contributed by atoms with Crippen molar-refractivity contribution in [2.75, 3.05) is 19.7 Å². The maximum Gasteiger partial charge on any atom is 0.409 e. The third-order valence-electron chi connectivity index (χ3n) is 4.92. The number of nitrogens with zero attached hydrogens (tertiary/aromatic N) is 1. The molecule has 1 aliphatic heterocycles. The summed E-state index contributed by atoms with van der Waals surface area (Å²) in [5.74, 6) is 0.297. The Kier molecular flexibility index (Phi) is 3.81. The van der Waals surface area contributed by atoms with Gasteiger partial charge in [0.15, 0.2) is 0 Å². The molecule has 24 heavy (non-hydrogen) atoms. The largest absolute Gasteiger partial charge is 0.448 e. The lowest BCUT2D eigenvalue weighted by Crippen LogP contribution is -2.39. The number of hydrogen-bond donors (Lipinski definition) is 0. The highest BCUT2D eigenvalue weighted by molar-refractivity contribution is 5.82. The van der Waals surface area contributed by atoms with Crippen molar-refractivity contribution >= 4 is 11.9 Å². The van der Waals surface area contributed by atoms with Gasteiger partial charge in [0.2, 0.25) is 0 Å². The molecule has 2 aromatic carbocycles. The first-order valence-electron chi connectivity index (χ1n) is 8.35. The van der Waals surface area contributed by atoms with Crippen molar-refractivity contribution in [2.45, 2.75) is 18.8 Å². The lowest BCUT2D eigenvalue weighted by Gasteiger charge is -2.26. The SMILES string of the molecule is O=C1CCN(C(=O)OCC2c3ccccc3-c3ccccc32)CC1. The third-order valence-corrected chi connectivity index (χ3v) is 4.92. The van der Waals surface area contributed by atoms with E-state index < -0.39 is 0 Å². The van der Waals surface area contributed by atoms with Gasteiger partial charge in [-0.15, -0.1) is 0 Å². The summed E-state index contributed by atoms with van der Waals surface area (Å²) in [5.41, 5.74) is 4.86. The normalized spacial score (nSPS) is 16.7. The van der Waals surface area contributed by atoms with Gasteiger partial charge < -0.3 is 9.64 Å². The van der Waals surface area contributed by atoms with Crippen LogP contribution in [0.3, 0.4) is 0 Å². The van der Waals surface area contributed by atoms with Crippen molar-refractivity contribution in [3.63, 3.8) is 0 Å². The number of benzene rings is 2. The number of ketones is 1. The highest BCUT2D eigenvalue weighted by atomic mass is 16.6. The Morgan fingerprint density at radius 2 is 1.50 bits per heavy atom. The van der Waals surface area contributed by atoms with E-state index >= 15 is 0 Å². The van der Waals surface area contributed by atoms with Crippen molar-refractivity contribution < 1.29 is 14.3 Å². The van der Waals surface area contributed by atoms with Crippen LogP contribution in [-0.4, -0.2) is 36.5 Å². The van der Waals surface area contributed by atoms with Gasteiger partial charge >= 0.3 is 6.09 Å². The van der Waals surface area contributed by atoms with E-state index in [1.807, 2.05) is 24.3 Å². The van der Waals surface area contributed by atoms with Crippen LogP contribution in [0.4, 0.5) is 4.79 Å². The van der Waals surface area contributed by atoms with Crippen LogP contribution in [-0.2, 0) is 9.53 Å². The molecule has 0 aromatic heterocycles. The standard InChI is InChI=1S/C20H19NO3/c22-14-9-11-21(12-10-14)20(23)24-13-19-17-7-3-1-5-15(17)16-6-2-4-8-18(16)19/h1-8,19H,9-13H2. The van der Waals surface area contributed by atoms with Gasteiger partial charge in [0, 0.05) is 31.8 Å². The second-order valence-electron chi connectivity index (χ2n) is 6.33. The number of rotatable bonds is 2. The zero-order valence-corrected chi connectivity index (χ0v) is 13.4. The maximum atomic E-state index is 12.3. The fraction of sp³-hybridized carbons (Fsp3) is 0.300. The van der Waals surface area contributed by atoms with Crippen LogP contribution in [0.5, 0.6) is 0 Å². The van der Waals surface area contributed by atoms with Gasteiger partial charge in [0.1, 0.15) is 12.4 Å². The number of fused-ring (bicyclic) bond motifs is 3. The van der Waals surface area contributed by atoms with Gasteiger partial charge in [-0.2, -0.15) is 0 Å². The molecule has 2 aromatic rings. The molecular formula is C20H19NO3. The molecule has 0 atom stereocenters. The van der Waals surface area contributed by atoms with Gasteiger partial charge in [-0.3, -0.25) is 4.79 Å². The summed E-state index contributed by atoms with van der Waals surface area (Å²) in [6.45, 7) is 1.27. The molecule has 0 unspecified atom stereocenters. The van der Waals surface area contributed by atoms with E-state index in [-0.39, 0.29) is 17.8 Å². The lowest BCUT2D eigenvalue weighted by molar-refractivity contribution is -0.121. The average Bonchev–Trinajstić information content (AvgIpc) is 2.94. The Labute approximate surface area is 141 Å². The quantitative estimate of drug-likeness (QED) is 0.849. The van der Waals surface area contributed by atoms with E-state index in [4.69, 9.17) is 4.74 Å². The number of hydrogen-bond acceptors (Lipinski definition) is 3. The van der Waals surface area contributed by atoms with E-state index in [2.05, 4.69) is 24.3 Å². The summed E-state index contributed by atoms with van der Waals surface area (Å²) in [6.07, 6.45) is 0.554. The molecule has 0 bridgehead atoms. The van der Waals surface area contributed by atoms with Crippen LogP contribution in [0.1, 0.15) is 29.9 Å². The molecule has 1 aliphatic carbocycles. The van der Waals surface area contributed by atoms with E-state index in [0.29, 0.717) is 32.5 Å². The fourth-order valence-electron chi connectivity index (χ4n) is 3.62. The van der Waals surface area contributed by atoms with Crippen molar-refractivity contribution in [1.82, 2.24) is 4.90 Å². The molecule has 1 saturated heterocycles. The molecule has 4 heteroatoms. The average molecular weight is 321 g/mol. The lowest BCUT2D eigenvalue weighted by atomic mass is 9.98. The molecule has 2 aliphatic rings. The number of amides is 1. The number of piperidine rings is 1. The van der Waals surface area contributed by atoms with Crippen LogP contribution in [0.2, 0.25) is 0 Å². The number of carbonyl (C=O) groups excluding carboxylic acids is 2. The minimum atomic E-state index is -0.315. The highest BCUT2D eigenvalue weighted by Gasteiger charge is 2.30. The Bertz CT molecular complexity index is 743. The van der Waals surface area contributed by atoms with Gasteiger partial charge in [0.25, 0.3) is 0 Å². The summed E-state index contributed by atoms with van der Waals surface area (Å²) >= 11 is 0. The molecule has 1 amide bonds.